The summed E-state index contributed by atoms with van der Waals surface area (Å²) in [5, 5.41) is 5.39. The molecule has 4 N–H and O–H groups in total. The van der Waals surface area contributed by atoms with E-state index >= 15 is 0 Å². The lowest BCUT2D eigenvalue weighted by Gasteiger charge is -2.08. The number of anilines is 2. The van der Waals surface area contributed by atoms with Gasteiger partial charge in [0, 0.05) is 24.0 Å². The summed E-state index contributed by atoms with van der Waals surface area (Å²) >= 11 is 0. The van der Waals surface area contributed by atoms with Crippen molar-refractivity contribution in [1.82, 2.24) is 5.32 Å². The number of carbonyl (C=O) groups excluding carboxylic acids is 2. The van der Waals surface area contributed by atoms with Crippen molar-refractivity contribution >= 4 is 23.1 Å². The molecule has 0 unspecified atom stereocenters. The van der Waals surface area contributed by atoms with Crippen LogP contribution in [0.15, 0.2) is 18.2 Å². The highest BCUT2D eigenvalue weighted by Gasteiger charge is 2.05. The van der Waals surface area contributed by atoms with E-state index in [-0.39, 0.29) is 18.2 Å². The molecule has 0 radical (unpaired) electrons. The zero-order valence-corrected chi connectivity index (χ0v) is 9.33. The molecule has 0 bridgehead atoms. The van der Waals surface area contributed by atoms with Crippen LogP contribution < -0.4 is 16.4 Å². The SMILES string of the molecule is CNC(=O)CNc1ccc(C(C)=O)c(N)c1. The van der Waals surface area contributed by atoms with Crippen molar-refractivity contribution in [3.8, 4) is 0 Å². The molecule has 0 fully saturated rings. The van der Waals surface area contributed by atoms with E-state index in [0.29, 0.717) is 16.9 Å². The summed E-state index contributed by atoms with van der Waals surface area (Å²) in [6.07, 6.45) is 0. The lowest BCUT2D eigenvalue weighted by Crippen LogP contribution is -2.26. The van der Waals surface area contributed by atoms with Gasteiger partial charge in [-0.2, -0.15) is 0 Å². The summed E-state index contributed by atoms with van der Waals surface area (Å²) in [7, 11) is 1.57. The van der Waals surface area contributed by atoms with Gasteiger partial charge in [-0.3, -0.25) is 9.59 Å². The van der Waals surface area contributed by atoms with Crippen LogP contribution in [0.25, 0.3) is 0 Å². The number of carbonyl (C=O) groups is 2. The smallest absolute Gasteiger partial charge is 0.239 e. The topological polar surface area (TPSA) is 84.2 Å². The number of nitrogen functional groups attached to an aromatic ring is 1. The van der Waals surface area contributed by atoms with Gasteiger partial charge in [0.25, 0.3) is 0 Å². The molecule has 0 aliphatic heterocycles. The third kappa shape index (κ3) is 2.98. The van der Waals surface area contributed by atoms with Crippen LogP contribution in [0.2, 0.25) is 0 Å². The van der Waals surface area contributed by atoms with E-state index in [1.54, 1.807) is 25.2 Å². The lowest BCUT2D eigenvalue weighted by molar-refractivity contribution is -0.118. The standard InChI is InChI=1S/C11H15N3O2/c1-7(15)9-4-3-8(5-10(9)12)14-6-11(16)13-2/h3-5,14H,6,12H2,1-2H3,(H,13,16). The molecule has 0 saturated heterocycles. The van der Waals surface area contributed by atoms with E-state index in [9.17, 15) is 9.59 Å². The molecule has 0 saturated carbocycles. The van der Waals surface area contributed by atoms with Gasteiger partial charge in [-0.25, -0.2) is 0 Å². The van der Waals surface area contributed by atoms with Crippen LogP contribution >= 0.6 is 0 Å². The maximum atomic E-state index is 11.1. The van der Waals surface area contributed by atoms with Gasteiger partial charge in [0.1, 0.15) is 0 Å². The van der Waals surface area contributed by atoms with E-state index < -0.39 is 0 Å². The summed E-state index contributed by atoms with van der Waals surface area (Å²) < 4.78 is 0. The lowest BCUT2D eigenvalue weighted by atomic mass is 10.1. The second kappa shape index (κ2) is 5.16. The molecule has 1 amide bonds. The maximum Gasteiger partial charge on any atom is 0.239 e. The molecule has 0 atom stereocenters. The van der Waals surface area contributed by atoms with Crippen LogP contribution in [0, 0.1) is 0 Å². The second-order valence-electron chi connectivity index (χ2n) is 3.38. The first kappa shape index (κ1) is 12.0. The Labute approximate surface area is 94.0 Å². The average Bonchev–Trinajstić information content (AvgIpc) is 2.25. The summed E-state index contributed by atoms with van der Waals surface area (Å²) in [5.74, 6) is -0.190. The van der Waals surface area contributed by atoms with Crippen molar-refractivity contribution < 1.29 is 9.59 Å². The first-order valence-electron chi connectivity index (χ1n) is 4.89. The Morgan fingerprint density at radius 3 is 2.56 bits per heavy atom. The molecule has 0 spiro atoms. The van der Waals surface area contributed by atoms with Crippen LogP contribution in [-0.4, -0.2) is 25.3 Å². The van der Waals surface area contributed by atoms with Crippen molar-refractivity contribution in [2.75, 3.05) is 24.6 Å². The number of hydrogen-bond donors (Lipinski definition) is 3. The van der Waals surface area contributed by atoms with E-state index in [1.165, 1.54) is 6.92 Å². The molecule has 0 heterocycles. The minimum Gasteiger partial charge on any atom is -0.398 e. The van der Waals surface area contributed by atoms with Crippen molar-refractivity contribution in [3.63, 3.8) is 0 Å². The zero-order valence-electron chi connectivity index (χ0n) is 9.33. The fraction of sp³-hybridized carbons (Fsp3) is 0.273. The summed E-state index contributed by atoms with van der Waals surface area (Å²) in [6, 6.07) is 5.00. The number of Topliss-reactive ketones (excluding diaryl/α,β-unsaturated/α-hetero) is 1. The highest BCUT2D eigenvalue weighted by atomic mass is 16.1. The van der Waals surface area contributed by atoms with Crippen LogP contribution in [0.4, 0.5) is 11.4 Å². The Bertz CT molecular complexity index is 416. The van der Waals surface area contributed by atoms with Gasteiger partial charge in [-0.1, -0.05) is 0 Å². The van der Waals surface area contributed by atoms with E-state index in [1.807, 2.05) is 0 Å². The van der Waals surface area contributed by atoms with Crippen molar-refractivity contribution in [1.29, 1.82) is 0 Å². The quantitative estimate of drug-likeness (QED) is 0.514. The Hall–Kier alpha value is -2.04. The van der Waals surface area contributed by atoms with Gasteiger partial charge in [-0.15, -0.1) is 0 Å². The minimum absolute atomic E-state index is 0.0737. The molecular weight excluding hydrogens is 206 g/mol. The van der Waals surface area contributed by atoms with Gasteiger partial charge >= 0.3 is 0 Å². The number of ketones is 1. The van der Waals surface area contributed by atoms with E-state index in [0.717, 1.165) is 0 Å². The molecular formula is C11H15N3O2. The van der Waals surface area contributed by atoms with Crippen molar-refractivity contribution in [2.45, 2.75) is 6.92 Å². The third-order valence-corrected chi connectivity index (χ3v) is 2.16. The molecule has 5 nitrogen and oxygen atoms in total. The van der Waals surface area contributed by atoms with Gasteiger partial charge < -0.3 is 16.4 Å². The van der Waals surface area contributed by atoms with Gasteiger partial charge in [0.2, 0.25) is 5.91 Å². The van der Waals surface area contributed by atoms with Crippen LogP contribution in [-0.2, 0) is 4.79 Å². The Morgan fingerprint density at radius 1 is 1.38 bits per heavy atom. The highest BCUT2D eigenvalue weighted by molar-refractivity contribution is 5.99. The fourth-order valence-electron chi connectivity index (χ4n) is 1.26. The van der Waals surface area contributed by atoms with Crippen LogP contribution in [0.5, 0.6) is 0 Å². The summed E-state index contributed by atoms with van der Waals surface area (Å²) in [5.41, 5.74) is 7.32. The monoisotopic (exact) mass is 221 g/mol. The number of rotatable bonds is 4. The molecule has 0 aromatic heterocycles. The van der Waals surface area contributed by atoms with Gasteiger partial charge in [0.05, 0.1) is 6.54 Å². The van der Waals surface area contributed by atoms with E-state index in [4.69, 9.17) is 5.73 Å². The second-order valence-corrected chi connectivity index (χ2v) is 3.38. The molecule has 5 heteroatoms. The molecule has 1 aromatic rings. The van der Waals surface area contributed by atoms with Crippen LogP contribution in [0.1, 0.15) is 17.3 Å². The number of hydrogen-bond acceptors (Lipinski definition) is 4. The predicted octanol–water partition coefficient (Wildman–Crippen LogP) is 0.629. The van der Waals surface area contributed by atoms with Crippen molar-refractivity contribution in [3.05, 3.63) is 23.8 Å². The molecule has 1 rings (SSSR count). The number of amides is 1. The first-order chi connectivity index (χ1) is 7.54. The number of benzene rings is 1. The Morgan fingerprint density at radius 2 is 2.06 bits per heavy atom. The van der Waals surface area contributed by atoms with E-state index in [2.05, 4.69) is 10.6 Å². The molecule has 1 aromatic carbocycles. The number of nitrogens with two attached hydrogens (primary N) is 1. The van der Waals surface area contributed by atoms with Crippen LogP contribution in [0.3, 0.4) is 0 Å². The Kier molecular flexibility index (Phi) is 3.88. The Balaban J connectivity index is 2.74. The largest absolute Gasteiger partial charge is 0.398 e. The fourth-order valence-corrected chi connectivity index (χ4v) is 1.26. The zero-order chi connectivity index (χ0) is 12.1. The predicted molar refractivity (Wildman–Crippen MR) is 63.4 cm³/mol. The number of nitrogens with one attached hydrogen (secondary N) is 2. The molecule has 0 aliphatic rings. The summed E-state index contributed by atoms with van der Waals surface area (Å²) in [4.78, 5) is 22.1. The minimum atomic E-state index is -0.116. The number of likely N-dealkylation sites (N-methyl/N-ethyl adjacent to an activating group) is 1. The molecule has 16 heavy (non-hydrogen) atoms. The molecule has 86 valence electrons. The van der Waals surface area contributed by atoms with Crippen molar-refractivity contribution in [2.24, 2.45) is 0 Å². The maximum absolute atomic E-state index is 11.1. The third-order valence-electron chi connectivity index (χ3n) is 2.16. The normalized spacial score (nSPS) is 9.62. The van der Waals surface area contributed by atoms with Gasteiger partial charge in [0.15, 0.2) is 5.78 Å². The first-order valence-corrected chi connectivity index (χ1v) is 4.89. The molecule has 0 aliphatic carbocycles. The average molecular weight is 221 g/mol. The summed E-state index contributed by atoms with van der Waals surface area (Å²) in [6.45, 7) is 1.64. The highest BCUT2D eigenvalue weighted by Crippen LogP contribution is 2.18. The van der Waals surface area contributed by atoms with Gasteiger partial charge in [-0.05, 0) is 25.1 Å².